The molecule has 1 aliphatic rings. The van der Waals surface area contributed by atoms with Crippen molar-refractivity contribution in [1.29, 1.82) is 5.26 Å². The van der Waals surface area contributed by atoms with Crippen molar-refractivity contribution in [3.8, 4) is 11.8 Å². The Bertz CT molecular complexity index is 895. The summed E-state index contributed by atoms with van der Waals surface area (Å²) in [4.78, 5) is 12.2. The molecule has 7 nitrogen and oxygen atoms in total. The summed E-state index contributed by atoms with van der Waals surface area (Å²) in [6.07, 6.45) is 4.04. The third kappa shape index (κ3) is 3.73. The SMILES string of the molecule is COC(=O)c1c(N)c(C#N)cn1-c1cc(F)ccc1NC1CCC(O)CC1. The summed E-state index contributed by atoms with van der Waals surface area (Å²) in [6.45, 7) is 0. The Morgan fingerprint density at radius 2 is 2.11 bits per heavy atom. The second-order valence-corrected chi connectivity index (χ2v) is 6.59. The van der Waals surface area contributed by atoms with Gasteiger partial charge >= 0.3 is 5.97 Å². The summed E-state index contributed by atoms with van der Waals surface area (Å²) < 4.78 is 20.1. The zero-order valence-electron chi connectivity index (χ0n) is 14.9. The number of methoxy groups -OCH3 is 1. The molecule has 4 N–H and O–H groups in total. The topological polar surface area (TPSA) is 113 Å². The highest BCUT2D eigenvalue weighted by molar-refractivity contribution is 5.96. The number of nitrogen functional groups attached to an aromatic ring is 1. The fraction of sp³-hybridized carbons (Fsp3) is 0.368. The fourth-order valence-electron chi connectivity index (χ4n) is 3.37. The number of rotatable bonds is 4. The number of anilines is 2. The van der Waals surface area contributed by atoms with E-state index in [0.29, 0.717) is 24.2 Å². The molecule has 0 amide bonds. The van der Waals surface area contributed by atoms with Gasteiger partial charge in [-0.3, -0.25) is 0 Å². The zero-order valence-corrected chi connectivity index (χ0v) is 14.9. The van der Waals surface area contributed by atoms with Gasteiger partial charge in [0.05, 0.1) is 35.8 Å². The van der Waals surface area contributed by atoms with Crippen molar-refractivity contribution in [2.75, 3.05) is 18.2 Å². The Morgan fingerprint density at radius 3 is 2.74 bits per heavy atom. The normalized spacial score (nSPS) is 19.3. The first-order chi connectivity index (χ1) is 12.9. The molecule has 1 saturated carbocycles. The van der Waals surface area contributed by atoms with Crippen molar-refractivity contribution in [1.82, 2.24) is 4.57 Å². The quantitative estimate of drug-likeness (QED) is 0.711. The van der Waals surface area contributed by atoms with Gasteiger partial charge in [-0.05, 0) is 43.9 Å². The molecule has 0 aliphatic heterocycles. The van der Waals surface area contributed by atoms with E-state index < -0.39 is 11.8 Å². The number of nitrogens with one attached hydrogen (secondary N) is 1. The number of ether oxygens (including phenoxy) is 1. The number of carbonyl (C=O) groups excluding carboxylic acids is 1. The van der Waals surface area contributed by atoms with Gasteiger partial charge in [-0.2, -0.15) is 5.26 Å². The van der Waals surface area contributed by atoms with Crippen LogP contribution in [-0.4, -0.2) is 34.9 Å². The van der Waals surface area contributed by atoms with Crippen molar-refractivity contribution in [2.45, 2.75) is 37.8 Å². The maximum atomic E-state index is 14.0. The molecular formula is C19H21FN4O3. The Morgan fingerprint density at radius 1 is 1.41 bits per heavy atom. The molecule has 142 valence electrons. The number of nitrogens with zero attached hydrogens (tertiary/aromatic N) is 2. The van der Waals surface area contributed by atoms with Crippen LogP contribution in [0.1, 0.15) is 41.7 Å². The number of esters is 1. The van der Waals surface area contributed by atoms with Gasteiger partial charge in [-0.1, -0.05) is 0 Å². The highest BCUT2D eigenvalue weighted by Gasteiger charge is 2.25. The van der Waals surface area contributed by atoms with Crippen molar-refractivity contribution in [2.24, 2.45) is 0 Å². The van der Waals surface area contributed by atoms with Gasteiger partial charge in [0, 0.05) is 12.2 Å². The molecule has 1 fully saturated rings. The third-order valence-corrected chi connectivity index (χ3v) is 4.82. The molecule has 2 aromatic rings. The first-order valence-electron chi connectivity index (χ1n) is 8.68. The molecule has 1 aromatic heterocycles. The number of nitriles is 1. The Balaban J connectivity index is 2.05. The number of benzene rings is 1. The molecule has 1 aromatic carbocycles. The Kier molecular flexibility index (Phi) is 5.33. The maximum absolute atomic E-state index is 14.0. The Labute approximate surface area is 156 Å². The first-order valence-corrected chi connectivity index (χ1v) is 8.68. The molecule has 3 rings (SSSR count). The molecule has 0 spiro atoms. The van der Waals surface area contributed by atoms with Crippen LogP contribution >= 0.6 is 0 Å². The molecule has 0 atom stereocenters. The molecule has 0 saturated heterocycles. The van der Waals surface area contributed by atoms with Gasteiger partial charge in [0.15, 0.2) is 5.69 Å². The van der Waals surface area contributed by atoms with E-state index in [1.165, 1.54) is 30.0 Å². The lowest BCUT2D eigenvalue weighted by molar-refractivity contribution is 0.0593. The largest absolute Gasteiger partial charge is 0.464 e. The summed E-state index contributed by atoms with van der Waals surface area (Å²) >= 11 is 0. The van der Waals surface area contributed by atoms with Crippen molar-refractivity contribution in [3.05, 3.63) is 41.5 Å². The number of aliphatic hydroxyl groups excluding tert-OH is 1. The van der Waals surface area contributed by atoms with Crippen molar-refractivity contribution >= 4 is 17.3 Å². The molecule has 8 heteroatoms. The average Bonchev–Trinajstić information content (AvgIpc) is 3.00. The van der Waals surface area contributed by atoms with Gasteiger partial charge in [0.25, 0.3) is 0 Å². The fourth-order valence-corrected chi connectivity index (χ4v) is 3.37. The summed E-state index contributed by atoms with van der Waals surface area (Å²) in [7, 11) is 1.21. The second-order valence-electron chi connectivity index (χ2n) is 6.59. The highest BCUT2D eigenvalue weighted by Crippen LogP contribution is 2.31. The Hall–Kier alpha value is -3.05. The van der Waals surface area contributed by atoms with E-state index >= 15 is 0 Å². The van der Waals surface area contributed by atoms with Crippen LogP contribution in [0.5, 0.6) is 0 Å². The van der Waals surface area contributed by atoms with Gasteiger partial charge in [-0.25, -0.2) is 9.18 Å². The van der Waals surface area contributed by atoms with Gasteiger partial charge in [0.2, 0.25) is 0 Å². The summed E-state index contributed by atoms with van der Waals surface area (Å²) in [5.41, 5.74) is 6.95. The molecule has 0 bridgehead atoms. The minimum Gasteiger partial charge on any atom is -0.464 e. The maximum Gasteiger partial charge on any atom is 0.357 e. The van der Waals surface area contributed by atoms with Crippen LogP contribution in [0.25, 0.3) is 5.69 Å². The molecular weight excluding hydrogens is 351 g/mol. The lowest BCUT2D eigenvalue weighted by atomic mass is 9.93. The third-order valence-electron chi connectivity index (χ3n) is 4.82. The lowest BCUT2D eigenvalue weighted by Gasteiger charge is -2.28. The zero-order chi connectivity index (χ0) is 19.6. The van der Waals surface area contributed by atoms with E-state index in [9.17, 15) is 19.6 Å². The van der Waals surface area contributed by atoms with Crippen molar-refractivity contribution < 1.29 is 19.0 Å². The smallest absolute Gasteiger partial charge is 0.357 e. The van der Waals surface area contributed by atoms with Crippen molar-refractivity contribution in [3.63, 3.8) is 0 Å². The van der Waals surface area contributed by atoms with Crippen LogP contribution in [0.15, 0.2) is 24.4 Å². The number of nitrogens with two attached hydrogens (primary N) is 1. The standard InChI is InChI=1S/C19H21FN4O3/c1-27-19(26)18-17(22)11(9-21)10-24(18)16-8-12(20)2-7-15(16)23-13-3-5-14(25)6-4-13/h2,7-8,10,13-14,23,25H,3-6,22H2,1H3. The van der Waals surface area contributed by atoms with Gasteiger partial charge in [-0.15, -0.1) is 0 Å². The minimum absolute atomic E-state index is 0.0136. The average molecular weight is 372 g/mol. The number of carbonyl (C=O) groups is 1. The predicted octanol–water partition coefficient (Wildman–Crippen LogP) is 2.57. The molecule has 27 heavy (non-hydrogen) atoms. The van der Waals surface area contributed by atoms with Crippen LogP contribution in [0, 0.1) is 17.1 Å². The number of halogens is 1. The first kappa shape index (κ1) is 18.7. The summed E-state index contributed by atoms with van der Waals surface area (Å²) in [5.74, 6) is -1.21. The molecule has 1 heterocycles. The van der Waals surface area contributed by atoms with Gasteiger partial charge < -0.3 is 25.5 Å². The van der Waals surface area contributed by atoms with Crippen LogP contribution in [-0.2, 0) is 4.74 Å². The van der Waals surface area contributed by atoms with E-state index in [4.69, 9.17) is 10.5 Å². The number of hydrogen-bond donors (Lipinski definition) is 3. The minimum atomic E-state index is -0.718. The van der Waals surface area contributed by atoms with E-state index in [1.54, 1.807) is 6.07 Å². The van der Waals surface area contributed by atoms with E-state index in [-0.39, 0.29) is 29.1 Å². The molecule has 0 radical (unpaired) electrons. The monoisotopic (exact) mass is 372 g/mol. The van der Waals surface area contributed by atoms with Crippen LogP contribution in [0.2, 0.25) is 0 Å². The molecule has 0 unspecified atom stereocenters. The predicted molar refractivity (Wildman–Crippen MR) is 98.1 cm³/mol. The second kappa shape index (κ2) is 7.68. The van der Waals surface area contributed by atoms with E-state index in [0.717, 1.165) is 12.8 Å². The lowest BCUT2D eigenvalue weighted by Crippen LogP contribution is -2.28. The van der Waals surface area contributed by atoms with Crippen LogP contribution < -0.4 is 11.1 Å². The highest BCUT2D eigenvalue weighted by atomic mass is 19.1. The van der Waals surface area contributed by atoms with E-state index in [1.807, 2.05) is 6.07 Å². The van der Waals surface area contributed by atoms with Gasteiger partial charge in [0.1, 0.15) is 11.9 Å². The van der Waals surface area contributed by atoms with Crippen LogP contribution in [0.4, 0.5) is 15.8 Å². The summed E-state index contributed by atoms with van der Waals surface area (Å²) in [5, 5.41) is 22.3. The van der Waals surface area contributed by atoms with Crippen LogP contribution in [0.3, 0.4) is 0 Å². The number of aromatic nitrogens is 1. The number of hydrogen-bond acceptors (Lipinski definition) is 6. The van der Waals surface area contributed by atoms with E-state index in [2.05, 4.69) is 5.32 Å². The molecule has 1 aliphatic carbocycles. The summed E-state index contributed by atoms with van der Waals surface area (Å²) in [6, 6.07) is 6.22. The number of aliphatic hydroxyl groups is 1.